The van der Waals surface area contributed by atoms with Gasteiger partial charge in [0.2, 0.25) is 11.8 Å². The van der Waals surface area contributed by atoms with Crippen molar-refractivity contribution in [3.05, 3.63) is 29.3 Å². The van der Waals surface area contributed by atoms with Gasteiger partial charge in [0.1, 0.15) is 17.9 Å². The number of imide groups is 1. The van der Waals surface area contributed by atoms with Gasteiger partial charge >= 0.3 is 0 Å². The van der Waals surface area contributed by atoms with E-state index in [0.717, 1.165) is 37.2 Å². The molecule has 1 saturated carbocycles. The molecule has 7 heteroatoms. The van der Waals surface area contributed by atoms with E-state index in [4.69, 9.17) is 4.74 Å². The van der Waals surface area contributed by atoms with E-state index in [1.54, 1.807) is 11.0 Å². The molecule has 2 heterocycles. The SMILES string of the molecule is CCN(CC)C1CCC1Oc1ccc2c(c1)CN(C1CCC(=O)NC1=O)C2=O. The Labute approximate surface area is 165 Å². The van der Waals surface area contributed by atoms with E-state index in [-0.39, 0.29) is 30.2 Å². The van der Waals surface area contributed by atoms with E-state index in [1.165, 1.54) is 0 Å². The molecule has 0 spiro atoms. The molecule has 3 atom stereocenters. The second-order valence-corrected chi connectivity index (χ2v) is 7.74. The van der Waals surface area contributed by atoms with Crippen molar-refractivity contribution in [1.29, 1.82) is 0 Å². The summed E-state index contributed by atoms with van der Waals surface area (Å²) in [6.07, 6.45) is 3.01. The Balaban J connectivity index is 1.45. The largest absolute Gasteiger partial charge is 0.489 e. The quantitative estimate of drug-likeness (QED) is 0.754. The minimum Gasteiger partial charge on any atom is -0.489 e. The zero-order chi connectivity index (χ0) is 19.8. The number of nitrogens with one attached hydrogen (secondary N) is 1. The predicted octanol–water partition coefficient (Wildman–Crippen LogP) is 1.70. The molecule has 2 fully saturated rings. The van der Waals surface area contributed by atoms with E-state index in [9.17, 15) is 14.4 Å². The summed E-state index contributed by atoms with van der Waals surface area (Å²) in [5.41, 5.74) is 1.50. The lowest BCUT2D eigenvalue weighted by atomic mass is 9.87. The number of hydrogen-bond acceptors (Lipinski definition) is 5. The van der Waals surface area contributed by atoms with Crippen molar-refractivity contribution in [3.63, 3.8) is 0 Å². The second-order valence-electron chi connectivity index (χ2n) is 7.74. The molecule has 0 radical (unpaired) electrons. The van der Waals surface area contributed by atoms with Crippen LogP contribution in [0.15, 0.2) is 18.2 Å². The average Bonchev–Trinajstić information content (AvgIpc) is 2.99. The van der Waals surface area contributed by atoms with Gasteiger partial charge < -0.3 is 9.64 Å². The molecule has 1 saturated heterocycles. The van der Waals surface area contributed by atoms with E-state index < -0.39 is 6.04 Å². The number of nitrogens with zero attached hydrogens (tertiary/aromatic N) is 2. The lowest BCUT2D eigenvalue weighted by Crippen LogP contribution is -2.53. The minimum atomic E-state index is -0.583. The van der Waals surface area contributed by atoms with Crippen LogP contribution in [0.3, 0.4) is 0 Å². The lowest BCUT2D eigenvalue weighted by Gasteiger charge is -2.43. The normalized spacial score (nSPS) is 26.9. The van der Waals surface area contributed by atoms with E-state index >= 15 is 0 Å². The highest BCUT2D eigenvalue weighted by molar-refractivity contribution is 6.05. The molecule has 3 unspecified atom stereocenters. The molecule has 3 amide bonds. The van der Waals surface area contributed by atoms with Gasteiger partial charge in [-0.3, -0.25) is 24.6 Å². The Morgan fingerprint density at radius 1 is 1.14 bits per heavy atom. The Kier molecular flexibility index (Phi) is 5.10. The van der Waals surface area contributed by atoms with Crippen LogP contribution in [0, 0.1) is 0 Å². The molecule has 1 aromatic rings. The van der Waals surface area contributed by atoms with Gasteiger partial charge in [0.05, 0.1) is 0 Å². The number of piperidine rings is 1. The predicted molar refractivity (Wildman–Crippen MR) is 103 cm³/mol. The standard InChI is InChI=1S/C21H27N3O4/c1-3-23(4-2)16-7-9-18(16)28-14-5-6-15-13(11-14)12-24(21(15)27)17-8-10-19(25)22-20(17)26/h5-6,11,16-18H,3-4,7-10,12H2,1-2H3,(H,22,25,26). The zero-order valence-electron chi connectivity index (χ0n) is 16.4. The van der Waals surface area contributed by atoms with Gasteiger partial charge in [0, 0.05) is 24.6 Å². The van der Waals surface area contributed by atoms with Crippen molar-refractivity contribution in [1.82, 2.24) is 15.1 Å². The number of amides is 3. The first-order chi connectivity index (χ1) is 13.5. The van der Waals surface area contributed by atoms with Crippen LogP contribution in [-0.2, 0) is 16.1 Å². The average molecular weight is 385 g/mol. The molecule has 1 N–H and O–H groups in total. The van der Waals surface area contributed by atoms with E-state index in [1.807, 2.05) is 12.1 Å². The summed E-state index contributed by atoms with van der Waals surface area (Å²) in [7, 11) is 0. The molecule has 0 aromatic heterocycles. The summed E-state index contributed by atoms with van der Waals surface area (Å²) in [6.45, 7) is 6.75. The second kappa shape index (κ2) is 7.54. The van der Waals surface area contributed by atoms with Crippen LogP contribution in [0.5, 0.6) is 5.75 Å². The summed E-state index contributed by atoms with van der Waals surface area (Å²) in [4.78, 5) is 40.3. The summed E-state index contributed by atoms with van der Waals surface area (Å²) in [6, 6.07) is 5.44. The highest BCUT2D eigenvalue weighted by Gasteiger charge is 2.40. The molecule has 0 bridgehead atoms. The van der Waals surface area contributed by atoms with Gasteiger partial charge in [-0.25, -0.2) is 0 Å². The number of rotatable bonds is 6. The maximum atomic E-state index is 12.8. The third kappa shape index (κ3) is 3.28. The molecule has 3 aliphatic rings. The van der Waals surface area contributed by atoms with Crippen molar-refractivity contribution >= 4 is 17.7 Å². The molecular formula is C21H27N3O4. The number of hydrogen-bond donors (Lipinski definition) is 1. The fraction of sp³-hybridized carbons (Fsp3) is 0.571. The first kappa shape index (κ1) is 18.9. The van der Waals surface area contributed by atoms with Gasteiger partial charge in [-0.2, -0.15) is 0 Å². The zero-order valence-corrected chi connectivity index (χ0v) is 16.4. The third-order valence-corrected chi connectivity index (χ3v) is 6.24. The molecule has 1 aliphatic carbocycles. The fourth-order valence-corrected chi connectivity index (χ4v) is 4.50. The highest BCUT2D eigenvalue weighted by atomic mass is 16.5. The molecule has 150 valence electrons. The Morgan fingerprint density at radius 2 is 1.93 bits per heavy atom. The maximum Gasteiger partial charge on any atom is 0.255 e. The van der Waals surface area contributed by atoms with Crippen LogP contribution in [0.1, 0.15) is 55.5 Å². The summed E-state index contributed by atoms with van der Waals surface area (Å²) >= 11 is 0. The maximum absolute atomic E-state index is 12.8. The number of ether oxygens (including phenoxy) is 1. The summed E-state index contributed by atoms with van der Waals surface area (Å²) in [5.74, 6) is -0.0333. The molecular weight excluding hydrogens is 358 g/mol. The van der Waals surface area contributed by atoms with Crippen LogP contribution in [0.25, 0.3) is 0 Å². The van der Waals surface area contributed by atoms with Gasteiger partial charge in [-0.05, 0) is 56.1 Å². The molecule has 2 aliphatic heterocycles. The first-order valence-electron chi connectivity index (χ1n) is 10.2. The Hall–Kier alpha value is -2.41. The topological polar surface area (TPSA) is 79.0 Å². The number of benzene rings is 1. The fourth-order valence-electron chi connectivity index (χ4n) is 4.50. The summed E-state index contributed by atoms with van der Waals surface area (Å²) < 4.78 is 6.23. The molecule has 1 aromatic carbocycles. The Morgan fingerprint density at radius 3 is 2.57 bits per heavy atom. The monoisotopic (exact) mass is 385 g/mol. The van der Waals surface area contributed by atoms with Crippen LogP contribution >= 0.6 is 0 Å². The van der Waals surface area contributed by atoms with Crippen molar-refractivity contribution < 1.29 is 19.1 Å². The van der Waals surface area contributed by atoms with E-state index in [0.29, 0.717) is 24.6 Å². The van der Waals surface area contributed by atoms with Gasteiger partial charge in [-0.15, -0.1) is 0 Å². The minimum absolute atomic E-state index is 0.152. The smallest absolute Gasteiger partial charge is 0.255 e. The lowest BCUT2D eigenvalue weighted by molar-refractivity contribution is -0.136. The van der Waals surface area contributed by atoms with Crippen LogP contribution in [-0.4, -0.2) is 58.8 Å². The number of carbonyl (C=O) groups is 3. The van der Waals surface area contributed by atoms with Crippen molar-refractivity contribution in [2.75, 3.05) is 13.1 Å². The third-order valence-electron chi connectivity index (χ3n) is 6.24. The van der Waals surface area contributed by atoms with Gasteiger partial charge in [0.25, 0.3) is 5.91 Å². The first-order valence-corrected chi connectivity index (χ1v) is 10.2. The van der Waals surface area contributed by atoms with Crippen LogP contribution in [0.4, 0.5) is 0 Å². The van der Waals surface area contributed by atoms with Crippen molar-refractivity contribution in [3.8, 4) is 5.75 Å². The van der Waals surface area contributed by atoms with Crippen LogP contribution in [0.2, 0.25) is 0 Å². The number of carbonyl (C=O) groups excluding carboxylic acids is 3. The van der Waals surface area contributed by atoms with Crippen molar-refractivity contribution in [2.45, 2.75) is 64.3 Å². The van der Waals surface area contributed by atoms with E-state index in [2.05, 4.69) is 24.1 Å². The van der Waals surface area contributed by atoms with Gasteiger partial charge in [-0.1, -0.05) is 13.8 Å². The molecule has 4 rings (SSSR count). The number of fused-ring (bicyclic) bond motifs is 1. The van der Waals surface area contributed by atoms with Crippen molar-refractivity contribution in [2.24, 2.45) is 0 Å². The molecule has 28 heavy (non-hydrogen) atoms. The van der Waals surface area contributed by atoms with Gasteiger partial charge in [0.15, 0.2) is 0 Å². The number of likely N-dealkylation sites (N-methyl/N-ethyl adjacent to an activating group) is 1. The Bertz CT molecular complexity index is 805. The van der Waals surface area contributed by atoms with Crippen LogP contribution < -0.4 is 10.1 Å². The summed E-state index contributed by atoms with van der Waals surface area (Å²) in [5, 5.41) is 2.33. The molecule has 7 nitrogen and oxygen atoms in total. The highest BCUT2D eigenvalue weighted by Crippen LogP contribution is 2.33.